The van der Waals surface area contributed by atoms with Crippen LogP contribution >= 0.6 is 0 Å². The molecule has 8 nitrogen and oxygen atoms in total. The van der Waals surface area contributed by atoms with Crippen molar-refractivity contribution in [3.8, 4) is 0 Å². The SMILES string of the molecule is CCOC(=O)c1ccc(S(=O)(=O)N2CCN(C(=O)[C@@H]3CCCc4ccccc43)CC2)o1. The van der Waals surface area contributed by atoms with Crippen molar-refractivity contribution < 1.29 is 27.2 Å². The van der Waals surface area contributed by atoms with Gasteiger partial charge < -0.3 is 14.1 Å². The summed E-state index contributed by atoms with van der Waals surface area (Å²) in [7, 11) is -3.89. The minimum Gasteiger partial charge on any atom is -0.460 e. The van der Waals surface area contributed by atoms with E-state index in [4.69, 9.17) is 9.15 Å². The molecule has 1 aromatic heterocycles. The van der Waals surface area contributed by atoms with Gasteiger partial charge in [0.2, 0.25) is 16.8 Å². The maximum absolute atomic E-state index is 13.2. The van der Waals surface area contributed by atoms with Crippen LogP contribution in [0.25, 0.3) is 0 Å². The fraction of sp³-hybridized carbons (Fsp3) is 0.455. The summed E-state index contributed by atoms with van der Waals surface area (Å²) >= 11 is 0. The third-order valence-corrected chi connectivity index (χ3v) is 7.64. The molecule has 1 fully saturated rings. The maximum atomic E-state index is 13.2. The number of fused-ring (bicyclic) bond motifs is 1. The second-order valence-electron chi connectivity index (χ2n) is 7.71. The number of hydrogen-bond donors (Lipinski definition) is 0. The molecule has 0 saturated carbocycles. The van der Waals surface area contributed by atoms with Gasteiger partial charge in [-0.2, -0.15) is 4.31 Å². The third-order valence-electron chi connectivity index (χ3n) is 5.87. The topological polar surface area (TPSA) is 97.1 Å². The zero-order chi connectivity index (χ0) is 22.0. The van der Waals surface area contributed by atoms with Crippen LogP contribution < -0.4 is 0 Å². The van der Waals surface area contributed by atoms with E-state index in [1.165, 1.54) is 22.0 Å². The number of sulfonamides is 1. The molecule has 31 heavy (non-hydrogen) atoms. The minimum absolute atomic E-state index is 0.0618. The summed E-state index contributed by atoms with van der Waals surface area (Å²) in [6, 6.07) is 10.6. The number of ether oxygens (including phenoxy) is 1. The quantitative estimate of drug-likeness (QED) is 0.655. The Balaban J connectivity index is 1.42. The van der Waals surface area contributed by atoms with Crippen LogP contribution in [0.4, 0.5) is 0 Å². The van der Waals surface area contributed by atoms with Gasteiger partial charge in [0.1, 0.15) is 0 Å². The fourth-order valence-corrected chi connectivity index (χ4v) is 5.61. The van der Waals surface area contributed by atoms with E-state index in [0.29, 0.717) is 13.1 Å². The van der Waals surface area contributed by atoms with Gasteiger partial charge in [-0.05, 0) is 49.4 Å². The van der Waals surface area contributed by atoms with Gasteiger partial charge in [0.25, 0.3) is 10.0 Å². The van der Waals surface area contributed by atoms with E-state index in [1.54, 1.807) is 11.8 Å². The van der Waals surface area contributed by atoms with Crippen molar-refractivity contribution in [2.75, 3.05) is 32.8 Å². The maximum Gasteiger partial charge on any atom is 0.374 e. The number of piperazine rings is 1. The van der Waals surface area contributed by atoms with Gasteiger partial charge >= 0.3 is 5.97 Å². The molecule has 1 atom stereocenters. The van der Waals surface area contributed by atoms with Crippen molar-refractivity contribution in [1.82, 2.24) is 9.21 Å². The van der Waals surface area contributed by atoms with Crippen LogP contribution in [0.15, 0.2) is 45.9 Å². The lowest BCUT2D eigenvalue weighted by atomic mass is 9.82. The Bertz CT molecular complexity index is 1070. The summed E-state index contributed by atoms with van der Waals surface area (Å²) in [5.41, 5.74) is 2.32. The van der Waals surface area contributed by atoms with Crippen LogP contribution in [-0.2, 0) is 26.0 Å². The smallest absolute Gasteiger partial charge is 0.374 e. The van der Waals surface area contributed by atoms with Gasteiger partial charge in [-0.15, -0.1) is 0 Å². The molecule has 2 aliphatic rings. The Kier molecular flexibility index (Phi) is 6.15. The molecule has 1 aliphatic heterocycles. The van der Waals surface area contributed by atoms with Crippen molar-refractivity contribution >= 4 is 21.9 Å². The molecule has 0 unspecified atom stereocenters. The van der Waals surface area contributed by atoms with Crippen LogP contribution in [0, 0.1) is 0 Å². The zero-order valence-electron chi connectivity index (χ0n) is 17.5. The van der Waals surface area contributed by atoms with Gasteiger partial charge in [0.15, 0.2) is 0 Å². The molecule has 1 saturated heterocycles. The van der Waals surface area contributed by atoms with Crippen molar-refractivity contribution in [2.45, 2.75) is 37.2 Å². The van der Waals surface area contributed by atoms with E-state index in [-0.39, 0.29) is 42.4 Å². The highest BCUT2D eigenvalue weighted by molar-refractivity contribution is 7.89. The summed E-state index contributed by atoms with van der Waals surface area (Å²) < 4.78 is 37.2. The second-order valence-corrected chi connectivity index (χ2v) is 9.58. The average Bonchev–Trinajstić information content (AvgIpc) is 3.30. The second kappa shape index (κ2) is 8.84. The Hall–Kier alpha value is -2.65. The molecular weight excluding hydrogens is 420 g/mol. The molecule has 2 heterocycles. The first-order valence-corrected chi connectivity index (χ1v) is 12.0. The molecule has 0 radical (unpaired) electrons. The number of nitrogens with zero attached hydrogens (tertiary/aromatic N) is 2. The average molecular weight is 447 g/mol. The van der Waals surface area contributed by atoms with Gasteiger partial charge in [-0.25, -0.2) is 13.2 Å². The summed E-state index contributed by atoms with van der Waals surface area (Å²) in [6.07, 6.45) is 2.78. The molecule has 4 rings (SSSR count). The van der Waals surface area contributed by atoms with Crippen LogP contribution in [0.1, 0.15) is 47.4 Å². The molecular formula is C22H26N2O6S. The highest BCUT2D eigenvalue weighted by Gasteiger charge is 2.36. The van der Waals surface area contributed by atoms with E-state index >= 15 is 0 Å². The van der Waals surface area contributed by atoms with Gasteiger partial charge in [-0.1, -0.05) is 24.3 Å². The summed E-state index contributed by atoms with van der Waals surface area (Å²) in [5, 5.41) is -0.295. The van der Waals surface area contributed by atoms with Crippen molar-refractivity contribution in [3.05, 3.63) is 53.3 Å². The Morgan fingerprint density at radius 3 is 2.58 bits per heavy atom. The standard InChI is InChI=1S/C22H26N2O6S/c1-2-29-22(26)19-10-11-20(30-19)31(27,28)24-14-12-23(13-15-24)21(25)18-9-5-7-16-6-3-4-8-17(16)18/h3-4,6,8,10-11,18H,2,5,7,9,12-15H2,1H3/t18-/m1/s1. The molecule has 1 aliphatic carbocycles. The number of esters is 1. The van der Waals surface area contributed by atoms with Crippen LogP contribution in [-0.4, -0.2) is 62.3 Å². The van der Waals surface area contributed by atoms with E-state index < -0.39 is 16.0 Å². The minimum atomic E-state index is -3.89. The van der Waals surface area contributed by atoms with E-state index in [0.717, 1.165) is 24.8 Å². The number of carbonyl (C=O) groups excluding carboxylic acids is 2. The highest BCUT2D eigenvalue weighted by Crippen LogP contribution is 2.33. The van der Waals surface area contributed by atoms with Crippen molar-refractivity contribution in [2.24, 2.45) is 0 Å². The molecule has 1 aromatic carbocycles. The van der Waals surface area contributed by atoms with Crippen LogP contribution in [0.2, 0.25) is 0 Å². The monoisotopic (exact) mass is 446 g/mol. The predicted octanol–water partition coefficient (Wildman–Crippen LogP) is 2.41. The number of furan rings is 1. The number of amides is 1. The van der Waals surface area contributed by atoms with Crippen molar-refractivity contribution in [3.63, 3.8) is 0 Å². The highest BCUT2D eigenvalue weighted by atomic mass is 32.2. The predicted molar refractivity (Wildman–Crippen MR) is 112 cm³/mol. The van der Waals surface area contributed by atoms with E-state index in [1.807, 2.05) is 18.2 Å². The first-order valence-electron chi connectivity index (χ1n) is 10.6. The lowest BCUT2D eigenvalue weighted by Crippen LogP contribution is -2.51. The first kappa shape index (κ1) is 21.6. The number of benzene rings is 1. The largest absolute Gasteiger partial charge is 0.460 e. The number of aryl methyl sites for hydroxylation is 1. The molecule has 166 valence electrons. The Labute approximate surface area is 181 Å². The molecule has 2 aromatic rings. The lowest BCUT2D eigenvalue weighted by Gasteiger charge is -2.36. The van der Waals surface area contributed by atoms with E-state index in [9.17, 15) is 18.0 Å². The van der Waals surface area contributed by atoms with Gasteiger partial charge in [-0.3, -0.25) is 4.79 Å². The zero-order valence-corrected chi connectivity index (χ0v) is 18.3. The molecule has 9 heteroatoms. The summed E-state index contributed by atoms with van der Waals surface area (Å²) in [5.74, 6) is -0.950. The van der Waals surface area contributed by atoms with Crippen LogP contribution in [0.5, 0.6) is 0 Å². The molecule has 0 spiro atoms. The number of rotatable bonds is 5. The molecule has 0 N–H and O–H groups in total. The first-order chi connectivity index (χ1) is 14.9. The van der Waals surface area contributed by atoms with Crippen LogP contribution in [0.3, 0.4) is 0 Å². The number of hydrogen-bond acceptors (Lipinski definition) is 6. The van der Waals surface area contributed by atoms with Gasteiger partial charge in [0, 0.05) is 26.2 Å². The summed E-state index contributed by atoms with van der Waals surface area (Å²) in [6.45, 7) is 2.83. The normalized spacial score (nSPS) is 19.6. The lowest BCUT2D eigenvalue weighted by molar-refractivity contribution is -0.134. The number of carbonyl (C=O) groups is 2. The Morgan fingerprint density at radius 2 is 1.84 bits per heavy atom. The molecule has 0 bridgehead atoms. The molecule has 1 amide bonds. The third kappa shape index (κ3) is 4.24. The summed E-state index contributed by atoms with van der Waals surface area (Å²) in [4.78, 5) is 26.7. The Morgan fingerprint density at radius 1 is 1.10 bits per heavy atom. The van der Waals surface area contributed by atoms with Crippen molar-refractivity contribution in [1.29, 1.82) is 0 Å². The van der Waals surface area contributed by atoms with Gasteiger partial charge in [0.05, 0.1) is 12.5 Å². The van der Waals surface area contributed by atoms with E-state index in [2.05, 4.69) is 6.07 Å². The fourth-order valence-electron chi connectivity index (χ4n) is 4.28.